The molecule has 0 aromatic heterocycles. The van der Waals surface area contributed by atoms with Crippen molar-refractivity contribution >= 4 is 40.0 Å². The Kier molecular flexibility index (Phi) is 5.59. The number of hydrogen-bond acceptors (Lipinski definition) is 2. The van der Waals surface area contributed by atoms with Crippen molar-refractivity contribution in [3.63, 3.8) is 0 Å². The molecule has 0 aromatic rings. The zero-order valence-electron chi connectivity index (χ0n) is 4.52. The van der Waals surface area contributed by atoms with Crippen LogP contribution in [0.2, 0.25) is 0 Å². The minimum absolute atomic E-state index is 0.998. The number of halogens is 1. The van der Waals surface area contributed by atoms with Gasteiger partial charge < -0.3 is 0 Å². The highest BCUT2D eigenvalue weighted by atomic mass is 127. The number of rotatable bonds is 2. The third kappa shape index (κ3) is 4.43. The molecule has 0 N–H and O–H groups in total. The molecule has 0 rings (SSSR count). The van der Waals surface area contributed by atoms with E-state index in [1.807, 2.05) is 6.92 Å². The fourth-order valence-corrected chi connectivity index (χ4v) is 0.421. The zero-order valence-corrected chi connectivity index (χ0v) is 7.49. The molecule has 0 fully saturated rings. The van der Waals surface area contributed by atoms with Gasteiger partial charge in [-0.1, -0.05) is 22.6 Å². The van der Waals surface area contributed by atoms with Gasteiger partial charge in [-0.05, 0) is 24.7 Å². The van der Waals surface area contributed by atoms with Gasteiger partial charge in [0.2, 0.25) is 0 Å². The summed E-state index contributed by atoms with van der Waals surface area (Å²) in [6.45, 7) is 2.00. The van der Waals surface area contributed by atoms with Crippen LogP contribution in [0.5, 0.6) is 0 Å². The van der Waals surface area contributed by atoms with Crippen molar-refractivity contribution in [2.45, 2.75) is 6.92 Å². The van der Waals surface area contributed by atoms with Gasteiger partial charge in [0.1, 0.15) is 0 Å². The van der Waals surface area contributed by atoms with Crippen molar-refractivity contribution in [1.29, 1.82) is 0 Å². The van der Waals surface area contributed by atoms with E-state index in [0.717, 1.165) is 4.43 Å². The molecular weight excluding hydrogens is 233 g/mol. The second-order valence-electron chi connectivity index (χ2n) is 1.33. The second-order valence-corrected chi connectivity index (χ2v) is 2.27. The summed E-state index contributed by atoms with van der Waals surface area (Å²) in [5, 5.41) is 2.26. The number of aliphatic imine (C=N–C) groups is 1. The normalized spacial score (nSPS) is 10.5. The van der Waals surface area contributed by atoms with Crippen LogP contribution in [0.4, 0.5) is 0 Å². The van der Waals surface area contributed by atoms with Crippen LogP contribution in [0.15, 0.2) is 16.8 Å². The molecule has 0 unspecified atom stereocenters. The predicted molar refractivity (Wildman–Crippen MR) is 47.7 cm³/mol. The van der Waals surface area contributed by atoms with Crippen LogP contribution >= 0.6 is 34.8 Å². The minimum atomic E-state index is 0.998. The highest BCUT2D eigenvalue weighted by Crippen LogP contribution is 1.96. The zero-order chi connectivity index (χ0) is 6.41. The molecule has 0 saturated heterocycles. The highest BCUT2D eigenvalue weighted by Gasteiger charge is 1.78. The molecule has 0 aliphatic rings. The Labute approximate surface area is 68.0 Å². The van der Waals surface area contributed by atoms with Gasteiger partial charge in [0, 0.05) is 10.6 Å². The summed E-state index contributed by atoms with van der Waals surface area (Å²) in [6.07, 6.45) is 1.72. The lowest BCUT2D eigenvalue weighted by atomic mass is 10.4. The molecule has 0 heterocycles. The maximum Gasteiger partial charge on any atom is 0.0634 e. The first-order valence-electron chi connectivity index (χ1n) is 2.10. The van der Waals surface area contributed by atoms with Gasteiger partial charge in [0.25, 0.3) is 0 Å². The van der Waals surface area contributed by atoms with E-state index in [1.54, 1.807) is 6.20 Å². The minimum Gasteiger partial charge on any atom is -0.203 e. The molecule has 3 heteroatoms. The molecule has 0 atom stereocenters. The standard InChI is InChI=1S/C5H6INS/c1-5(2-6)3-7-4-8/h3H,2H2,1H3. The third-order valence-corrected chi connectivity index (χ3v) is 1.86. The number of allylic oxidation sites excluding steroid dienone is 1. The van der Waals surface area contributed by atoms with E-state index < -0.39 is 0 Å². The van der Waals surface area contributed by atoms with E-state index in [4.69, 9.17) is 0 Å². The van der Waals surface area contributed by atoms with Gasteiger partial charge in [-0.3, -0.25) is 0 Å². The van der Waals surface area contributed by atoms with Crippen LogP contribution < -0.4 is 0 Å². The fourth-order valence-electron chi connectivity index (χ4n) is 0.171. The van der Waals surface area contributed by atoms with E-state index in [-0.39, 0.29) is 0 Å². The van der Waals surface area contributed by atoms with Crippen molar-refractivity contribution in [2.75, 3.05) is 4.43 Å². The first-order chi connectivity index (χ1) is 3.81. The number of thiocarbonyl (C=S) groups is 1. The summed E-state index contributed by atoms with van der Waals surface area (Å²) in [5.74, 6) is 0. The second kappa shape index (κ2) is 5.41. The Hall–Kier alpha value is 0.270. The van der Waals surface area contributed by atoms with Gasteiger partial charge in [0.15, 0.2) is 0 Å². The van der Waals surface area contributed by atoms with Gasteiger partial charge in [-0.2, -0.15) is 0 Å². The van der Waals surface area contributed by atoms with E-state index in [1.165, 1.54) is 5.57 Å². The molecule has 8 heavy (non-hydrogen) atoms. The first kappa shape index (κ1) is 8.27. The lowest BCUT2D eigenvalue weighted by molar-refractivity contribution is 1.38. The van der Waals surface area contributed by atoms with Crippen LogP contribution in [0.25, 0.3) is 0 Å². The van der Waals surface area contributed by atoms with E-state index >= 15 is 0 Å². The number of alkyl halides is 1. The van der Waals surface area contributed by atoms with Gasteiger partial charge >= 0.3 is 0 Å². The highest BCUT2D eigenvalue weighted by molar-refractivity contribution is 14.1. The lowest BCUT2D eigenvalue weighted by Gasteiger charge is -1.83. The van der Waals surface area contributed by atoms with Crippen molar-refractivity contribution in [1.82, 2.24) is 0 Å². The maximum atomic E-state index is 4.35. The topological polar surface area (TPSA) is 12.4 Å². The Morgan fingerprint density at radius 2 is 2.62 bits per heavy atom. The smallest absolute Gasteiger partial charge is 0.0634 e. The van der Waals surface area contributed by atoms with Crippen molar-refractivity contribution < 1.29 is 0 Å². The van der Waals surface area contributed by atoms with Crippen LogP contribution in [0.1, 0.15) is 6.92 Å². The SMILES string of the molecule is CC(=CN=C=S)CI. The van der Waals surface area contributed by atoms with Crippen LogP contribution in [-0.2, 0) is 0 Å². The molecule has 0 radical (unpaired) electrons. The van der Waals surface area contributed by atoms with Crippen molar-refractivity contribution in [2.24, 2.45) is 4.99 Å². The summed E-state index contributed by atoms with van der Waals surface area (Å²) >= 11 is 6.62. The molecule has 1 nitrogen and oxygen atoms in total. The number of nitrogens with zero attached hydrogens (tertiary/aromatic N) is 1. The van der Waals surface area contributed by atoms with Gasteiger partial charge in [-0.15, -0.1) is 0 Å². The summed E-state index contributed by atoms with van der Waals surface area (Å²) in [6, 6.07) is 0. The van der Waals surface area contributed by atoms with Crippen molar-refractivity contribution in [3.8, 4) is 0 Å². The average Bonchev–Trinajstić information content (AvgIpc) is 1.83. The van der Waals surface area contributed by atoms with Crippen molar-refractivity contribution in [3.05, 3.63) is 11.8 Å². The maximum absolute atomic E-state index is 4.35. The van der Waals surface area contributed by atoms with Crippen LogP contribution in [0.3, 0.4) is 0 Å². The predicted octanol–water partition coefficient (Wildman–Crippen LogP) is 2.43. The summed E-state index contributed by atoms with van der Waals surface area (Å²) in [7, 11) is 0. The van der Waals surface area contributed by atoms with Crippen LogP contribution in [0, 0.1) is 0 Å². The number of hydrogen-bond donors (Lipinski definition) is 0. The summed E-state index contributed by atoms with van der Waals surface area (Å²) < 4.78 is 0.998. The van der Waals surface area contributed by atoms with E-state index in [0.29, 0.717) is 0 Å². The molecule has 0 aliphatic heterocycles. The van der Waals surface area contributed by atoms with E-state index in [9.17, 15) is 0 Å². The van der Waals surface area contributed by atoms with E-state index in [2.05, 4.69) is 45.0 Å². The molecule has 0 aromatic carbocycles. The number of isothiocyanates is 1. The molecule has 0 aliphatic carbocycles. The Morgan fingerprint density at radius 1 is 2.00 bits per heavy atom. The summed E-state index contributed by atoms with van der Waals surface area (Å²) in [5.41, 5.74) is 1.21. The molecule has 44 valence electrons. The summed E-state index contributed by atoms with van der Waals surface area (Å²) in [4.78, 5) is 3.64. The Morgan fingerprint density at radius 3 is 3.00 bits per heavy atom. The molecule has 0 bridgehead atoms. The lowest BCUT2D eigenvalue weighted by Crippen LogP contribution is -1.70. The van der Waals surface area contributed by atoms with Gasteiger partial charge in [-0.25, -0.2) is 4.99 Å². The largest absolute Gasteiger partial charge is 0.203 e. The average molecular weight is 239 g/mol. The van der Waals surface area contributed by atoms with Gasteiger partial charge in [0.05, 0.1) is 5.16 Å². The fraction of sp³-hybridized carbons (Fsp3) is 0.400. The molecule has 0 spiro atoms. The monoisotopic (exact) mass is 239 g/mol. The quantitative estimate of drug-likeness (QED) is 0.312. The Balaban J connectivity index is 3.74. The third-order valence-electron chi connectivity index (χ3n) is 0.548. The first-order valence-corrected chi connectivity index (χ1v) is 4.03. The molecule has 0 saturated carbocycles. The van der Waals surface area contributed by atoms with Crippen LogP contribution in [-0.4, -0.2) is 9.59 Å². The molecule has 0 amide bonds. The Bertz CT molecular complexity index is 135. The molecular formula is C5H6INS.